The second-order valence-corrected chi connectivity index (χ2v) is 6.24. The highest BCUT2D eigenvalue weighted by Crippen LogP contribution is 2.29. The lowest BCUT2D eigenvalue weighted by Gasteiger charge is -2.35. The van der Waals surface area contributed by atoms with Crippen LogP contribution in [-0.2, 0) is 0 Å². The van der Waals surface area contributed by atoms with Crippen LogP contribution >= 0.6 is 0 Å². The fourth-order valence-electron chi connectivity index (χ4n) is 3.10. The molecule has 0 aliphatic carbocycles. The predicted molar refractivity (Wildman–Crippen MR) is 105 cm³/mol. The number of benzene rings is 1. The molecule has 1 aliphatic heterocycles. The Morgan fingerprint density at radius 3 is 2.29 bits per heavy atom. The van der Waals surface area contributed by atoms with Gasteiger partial charge in [-0.05, 0) is 38.1 Å². The number of hydrogen-bond donors (Lipinski definition) is 0. The van der Waals surface area contributed by atoms with Crippen molar-refractivity contribution < 1.29 is 19.0 Å². The SMILES string of the molecule is CCOc1ccc(C(=O)N2CCN(c3ccc(OC)nn3)CC2)cc1OCC. The number of aromatic nitrogens is 2. The smallest absolute Gasteiger partial charge is 0.254 e. The van der Waals surface area contributed by atoms with Crippen LogP contribution in [-0.4, -0.2) is 67.5 Å². The van der Waals surface area contributed by atoms with Gasteiger partial charge in [-0.3, -0.25) is 4.79 Å². The zero-order valence-corrected chi connectivity index (χ0v) is 16.6. The summed E-state index contributed by atoms with van der Waals surface area (Å²) in [5.74, 6) is 2.52. The number of carbonyl (C=O) groups excluding carboxylic acids is 1. The average Bonchev–Trinajstić information content (AvgIpc) is 2.75. The summed E-state index contributed by atoms with van der Waals surface area (Å²) >= 11 is 0. The molecule has 3 rings (SSSR count). The molecule has 150 valence electrons. The van der Waals surface area contributed by atoms with Crippen LogP contribution in [0.5, 0.6) is 17.4 Å². The van der Waals surface area contributed by atoms with Crippen molar-refractivity contribution in [3.63, 3.8) is 0 Å². The van der Waals surface area contributed by atoms with Crippen molar-refractivity contribution in [1.82, 2.24) is 15.1 Å². The fourth-order valence-corrected chi connectivity index (χ4v) is 3.10. The monoisotopic (exact) mass is 386 g/mol. The molecule has 0 N–H and O–H groups in total. The van der Waals surface area contributed by atoms with Crippen LogP contribution in [0, 0.1) is 0 Å². The van der Waals surface area contributed by atoms with Crippen LogP contribution in [0.25, 0.3) is 0 Å². The fraction of sp³-hybridized carbons (Fsp3) is 0.450. The van der Waals surface area contributed by atoms with Crippen molar-refractivity contribution in [3.8, 4) is 17.4 Å². The van der Waals surface area contributed by atoms with E-state index in [-0.39, 0.29) is 5.91 Å². The normalized spacial score (nSPS) is 14.0. The second kappa shape index (κ2) is 9.25. The van der Waals surface area contributed by atoms with Gasteiger partial charge in [0.1, 0.15) is 0 Å². The molecule has 0 bridgehead atoms. The van der Waals surface area contributed by atoms with Crippen LogP contribution in [0.4, 0.5) is 5.82 Å². The van der Waals surface area contributed by atoms with Crippen molar-refractivity contribution in [2.24, 2.45) is 0 Å². The Balaban J connectivity index is 1.65. The van der Waals surface area contributed by atoms with Gasteiger partial charge in [0, 0.05) is 37.8 Å². The van der Waals surface area contributed by atoms with E-state index in [0.717, 1.165) is 5.82 Å². The van der Waals surface area contributed by atoms with Gasteiger partial charge in [0.05, 0.1) is 20.3 Å². The van der Waals surface area contributed by atoms with Crippen molar-refractivity contribution in [3.05, 3.63) is 35.9 Å². The summed E-state index contributed by atoms with van der Waals surface area (Å²) in [6.07, 6.45) is 0. The zero-order valence-electron chi connectivity index (χ0n) is 16.6. The number of methoxy groups -OCH3 is 1. The molecule has 28 heavy (non-hydrogen) atoms. The number of carbonyl (C=O) groups is 1. The van der Waals surface area contributed by atoms with Crippen molar-refractivity contribution in [2.45, 2.75) is 13.8 Å². The predicted octanol–water partition coefficient (Wildman–Crippen LogP) is 2.25. The molecule has 8 heteroatoms. The van der Waals surface area contributed by atoms with Gasteiger partial charge in [-0.1, -0.05) is 0 Å². The molecule has 8 nitrogen and oxygen atoms in total. The summed E-state index contributed by atoms with van der Waals surface area (Å²) in [7, 11) is 1.56. The lowest BCUT2D eigenvalue weighted by Crippen LogP contribution is -2.49. The van der Waals surface area contributed by atoms with E-state index >= 15 is 0 Å². The molecular weight excluding hydrogens is 360 g/mol. The van der Waals surface area contributed by atoms with E-state index in [2.05, 4.69) is 15.1 Å². The molecular formula is C20H26N4O4. The molecule has 2 heterocycles. The Morgan fingerprint density at radius 2 is 1.68 bits per heavy atom. The Labute approximate surface area is 165 Å². The molecule has 1 aromatic heterocycles. The maximum absolute atomic E-state index is 12.9. The first-order valence-electron chi connectivity index (χ1n) is 9.47. The number of amides is 1. The van der Waals surface area contributed by atoms with Crippen LogP contribution < -0.4 is 19.1 Å². The lowest BCUT2D eigenvalue weighted by molar-refractivity contribution is 0.0746. The van der Waals surface area contributed by atoms with E-state index in [4.69, 9.17) is 14.2 Å². The van der Waals surface area contributed by atoms with Crippen LogP contribution in [0.15, 0.2) is 30.3 Å². The van der Waals surface area contributed by atoms with Crippen molar-refractivity contribution in [1.29, 1.82) is 0 Å². The van der Waals surface area contributed by atoms with Crippen LogP contribution in [0.2, 0.25) is 0 Å². The zero-order chi connectivity index (χ0) is 19.9. The Morgan fingerprint density at radius 1 is 0.964 bits per heavy atom. The van der Waals surface area contributed by atoms with E-state index in [0.29, 0.717) is 62.3 Å². The summed E-state index contributed by atoms with van der Waals surface area (Å²) in [6, 6.07) is 9.01. The molecule has 0 spiro atoms. The number of nitrogens with zero attached hydrogens (tertiary/aromatic N) is 4. The van der Waals surface area contributed by atoms with E-state index in [1.165, 1.54) is 0 Å². The Bertz CT molecular complexity index is 789. The average molecular weight is 386 g/mol. The minimum Gasteiger partial charge on any atom is -0.490 e. The molecule has 2 aromatic rings. The number of piperazine rings is 1. The molecule has 0 saturated carbocycles. The summed E-state index contributed by atoms with van der Waals surface area (Å²) in [5, 5.41) is 8.18. The number of ether oxygens (including phenoxy) is 3. The van der Waals surface area contributed by atoms with Gasteiger partial charge in [0.2, 0.25) is 5.88 Å². The Hall–Kier alpha value is -3.03. The second-order valence-electron chi connectivity index (χ2n) is 6.24. The first kappa shape index (κ1) is 19.7. The van der Waals surface area contributed by atoms with Gasteiger partial charge >= 0.3 is 0 Å². The van der Waals surface area contributed by atoms with Gasteiger partial charge in [0.25, 0.3) is 5.91 Å². The van der Waals surface area contributed by atoms with Gasteiger partial charge in [-0.2, -0.15) is 0 Å². The number of anilines is 1. The molecule has 0 radical (unpaired) electrons. The van der Waals surface area contributed by atoms with Crippen LogP contribution in [0.3, 0.4) is 0 Å². The summed E-state index contributed by atoms with van der Waals surface area (Å²) < 4.78 is 16.2. The topological polar surface area (TPSA) is 77.0 Å². The number of rotatable bonds is 7. The standard InChI is InChI=1S/C20H26N4O4/c1-4-27-16-7-6-15(14-17(16)28-5-2)20(25)24-12-10-23(11-13-24)18-8-9-19(26-3)22-21-18/h6-9,14H,4-5,10-13H2,1-3H3. The van der Waals surface area contributed by atoms with Crippen LogP contribution in [0.1, 0.15) is 24.2 Å². The first-order chi connectivity index (χ1) is 13.7. The molecule has 1 aromatic carbocycles. The maximum atomic E-state index is 12.9. The molecule has 1 saturated heterocycles. The minimum absolute atomic E-state index is 0.00975. The van der Waals surface area contributed by atoms with E-state index in [1.54, 1.807) is 31.4 Å². The molecule has 1 aliphatic rings. The third-order valence-corrected chi connectivity index (χ3v) is 4.52. The molecule has 0 atom stereocenters. The van der Waals surface area contributed by atoms with E-state index in [1.807, 2.05) is 24.8 Å². The summed E-state index contributed by atoms with van der Waals surface area (Å²) in [6.45, 7) is 7.51. The third kappa shape index (κ3) is 4.44. The quantitative estimate of drug-likeness (QED) is 0.722. The first-order valence-corrected chi connectivity index (χ1v) is 9.47. The number of hydrogen-bond acceptors (Lipinski definition) is 7. The van der Waals surface area contributed by atoms with E-state index in [9.17, 15) is 4.79 Å². The van der Waals surface area contributed by atoms with Crippen molar-refractivity contribution >= 4 is 11.7 Å². The third-order valence-electron chi connectivity index (χ3n) is 4.52. The van der Waals surface area contributed by atoms with Crippen molar-refractivity contribution in [2.75, 3.05) is 51.4 Å². The largest absolute Gasteiger partial charge is 0.490 e. The highest BCUT2D eigenvalue weighted by Gasteiger charge is 2.24. The highest BCUT2D eigenvalue weighted by molar-refractivity contribution is 5.95. The van der Waals surface area contributed by atoms with Gasteiger partial charge < -0.3 is 24.0 Å². The molecule has 0 unspecified atom stereocenters. The molecule has 1 fully saturated rings. The summed E-state index contributed by atoms with van der Waals surface area (Å²) in [5.41, 5.74) is 0.601. The Kier molecular flexibility index (Phi) is 6.52. The van der Waals surface area contributed by atoms with Gasteiger partial charge in [0.15, 0.2) is 17.3 Å². The van der Waals surface area contributed by atoms with Gasteiger partial charge in [-0.15, -0.1) is 10.2 Å². The molecule has 1 amide bonds. The van der Waals surface area contributed by atoms with Gasteiger partial charge in [-0.25, -0.2) is 0 Å². The highest BCUT2D eigenvalue weighted by atomic mass is 16.5. The van der Waals surface area contributed by atoms with E-state index < -0.39 is 0 Å². The lowest BCUT2D eigenvalue weighted by atomic mass is 10.1. The maximum Gasteiger partial charge on any atom is 0.254 e. The summed E-state index contributed by atoms with van der Waals surface area (Å²) in [4.78, 5) is 16.9. The minimum atomic E-state index is -0.00975.